The van der Waals surface area contributed by atoms with E-state index in [1.165, 1.54) is 5.56 Å². The lowest BCUT2D eigenvalue weighted by Gasteiger charge is -2.33. The van der Waals surface area contributed by atoms with Crippen LogP contribution in [-0.2, 0) is 24.2 Å². The summed E-state index contributed by atoms with van der Waals surface area (Å²) in [4.78, 5) is 15.0. The first-order chi connectivity index (χ1) is 12.1. The van der Waals surface area contributed by atoms with Crippen molar-refractivity contribution in [2.75, 3.05) is 11.4 Å². The van der Waals surface area contributed by atoms with E-state index in [9.17, 15) is 4.79 Å². The van der Waals surface area contributed by atoms with Gasteiger partial charge in [-0.2, -0.15) is 0 Å². The van der Waals surface area contributed by atoms with Gasteiger partial charge in [0.25, 0.3) is 0 Å². The number of nitrogens with one attached hydrogen (secondary N) is 1. The second-order valence-electron chi connectivity index (χ2n) is 7.12. The summed E-state index contributed by atoms with van der Waals surface area (Å²) in [5.41, 5.74) is 2.35. The molecule has 2 atom stereocenters. The molecule has 132 valence electrons. The predicted octanol–water partition coefficient (Wildman–Crippen LogP) is 1.86. The van der Waals surface area contributed by atoms with Crippen molar-refractivity contribution in [1.82, 2.24) is 20.1 Å². The van der Waals surface area contributed by atoms with Gasteiger partial charge in [-0.25, -0.2) is 0 Å². The number of anilines is 1. The number of aromatic nitrogens is 3. The average Bonchev–Trinajstić information content (AvgIpc) is 3.01. The molecule has 2 aliphatic rings. The third kappa shape index (κ3) is 3.06. The Morgan fingerprint density at radius 1 is 1.28 bits per heavy atom. The molecule has 0 spiro atoms. The summed E-state index contributed by atoms with van der Waals surface area (Å²) in [7, 11) is 0. The van der Waals surface area contributed by atoms with Crippen LogP contribution in [0.5, 0.6) is 0 Å². The van der Waals surface area contributed by atoms with E-state index in [4.69, 9.17) is 0 Å². The van der Waals surface area contributed by atoms with Crippen molar-refractivity contribution in [2.45, 2.75) is 58.2 Å². The highest BCUT2D eigenvalue weighted by Crippen LogP contribution is 2.27. The lowest BCUT2D eigenvalue weighted by Crippen LogP contribution is -2.51. The Labute approximate surface area is 148 Å². The second-order valence-corrected chi connectivity index (χ2v) is 7.12. The zero-order valence-electron chi connectivity index (χ0n) is 14.9. The van der Waals surface area contributed by atoms with E-state index in [2.05, 4.69) is 38.3 Å². The Hall–Kier alpha value is -2.21. The highest BCUT2D eigenvalue weighted by atomic mass is 16.2. The first-order valence-electron chi connectivity index (χ1n) is 9.17. The number of carbonyl (C=O) groups excluding carboxylic acids is 1. The van der Waals surface area contributed by atoms with E-state index in [1.807, 2.05) is 24.8 Å². The molecule has 6 heteroatoms. The van der Waals surface area contributed by atoms with E-state index in [0.717, 1.165) is 56.1 Å². The lowest BCUT2D eigenvalue weighted by molar-refractivity contribution is -0.120. The van der Waals surface area contributed by atoms with Crippen LogP contribution in [0.3, 0.4) is 0 Å². The minimum atomic E-state index is -0.200. The molecule has 0 aliphatic carbocycles. The third-order valence-corrected chi connectivity index (χ3v) is 5.36. The lowest BCUT2D eigenvalue weighted by atomic mass is 10.0. The van der Waals surface area contributed by atoms with Gasteiger partial charge in [0.2, 0.25) is 5.91 Å². The number of aryl methyl sites for hydroxylation is 3. The molecule has 0 saturated heterocycles. The van der Waals surface area contributed by atoms with E-state index in [1.54, 1.807) is 0 Å². The highest BCUT2D eigenvalue weighted by Gasteiger charge is 2.29. The van der Waals surface area contributed by atoms with Crippen molar-refractivity contribution in [3.63, 3.8) is 0 Å². The van der Waals surface area contributed by atoms with Crippen LogP contribution < -0.4 is 10.2 Å². The summed E-state index contributed by atoms with van der Waals surface area (Å²) in [6.07, 6.45) is 3.99. The number of hydrogen-bond donors (Lipinski definition) is 1. The summed E-state index contributed by atoms with van der Waals surface area (Å²) < 4.78 is 2.16. The van der Waals surface area contributed by atoms with Crippen LogP contribution in [0.1, 0.15) is 37.0 Å². The van der Waals surface area contributed by atoms with Crippen molar-refractivity contribution < 1.29 is 4.79 Å². The molecule has 0 fully saturated rings. The Morgan fingerprint density at radius 3 is 3.00 bits per heavy atom. The molecule has 6 nitrogen and oxygen atoms in total. The van der Waals surface area contributed by atoms with Gasteiger partial charge < -0.3 is 14.8 Å². The van der Waals surface area contributed by atoms with Crippen molar-refractivity contribution in [3.8, 4) is 0 Å². The number of fused-ring (bicyclic) bond motifs is 2. The van der Waals surface area contributed by atoms with Crippen LogP contribution >= 0.6 is 0 Å². The maximum atomic E-state index is 13.0. The Bertz CT molecular complexity index is 784. The zero-order chi connectivity index (χ0) is 17.4. The van der Waals surface area contributed by atoms with Crippen LogP contribution in [0, 0.1) is 6.92 Å². The van der Waals surface area contributed by atoms with Gasteiger partial charge in [0.1, 0.15) is 11.6 Å². The quantitative estimate of drug-likeness (QED) is 0.927. The SMILES string of the molecule is Cc1nnc2n1C[C@@H](N[C@@H](C)C(=O)N1CCCc3ccccc31)CC2. The molecule has 1 amide bonds. The third-order valence-electron chi connectivity index (χ3n) is 5.36. The minimum Gasteiger partial charge on any atom is -0.314 e. The topological polar surface area (TPSA) is 63.1 Å². The van der Waals surface area contributed by atoms with Gasteiger partial charge in [-0.1, -0.05) is 18.2 Å². The number of nitrogens with zero attached hydrogens (tertiary/aromatic N) is 4. The molecule has 1 N–H and O–H groups in total. The molecule has 25 heavy (non-hydrogen) atoms. The van der Waals surface area contributed by atoms with Crippen molar-refractivity contribution in [3.05, 3.63) is 41.5 Å². The average molecular weight is 339 g/mol. The van der Waals surface area contributed by atoms with E-state index < -0.39 is 0 Å². The van der Waals surface area contributed by atoms with E-state index >= 15 is 0 Å². The molecular weight excluding hydrogens is 314 g/mol. The zero-order valence-corrected chi connectivity index (χ0v) is 14.9. The Kier molecular flexibility index (Phi) is 4.29. The van der Waals surface area contributed by atoms with Crippen LogP contribution in [0.15, 0.2) is 24.3 Å². The van der Waals surface area contributed by atoms with Gasteiger partial charge in [0.05, 0.1) is 6.04 Å². The smallest absolute Gasteiger partial charge is 0.243 e. The number of para-hydroxylation sites is 1. The Morgan fingerprint density at radius 2 is 2.12 bits per heavy atom. The Balaban J connectivity index is 1.45. The van der Waals surface area contributed by atoms with Crippen LogP contribution in [0.4, 0.5) is 5.69 Å². The summed E-state index contributed by atoms with van der Waals surface area (Å²) in [5.74, 6) is 2.17. The molecule has 1 aromatic carbocycles. The fraction of sp³-hybridized carbons (Fsp3) is 0.526. The molecule has 2 aliphatic heterocycles. The summed E-state index contributed by atoms with van der Waals surface area (Å²) >= 11 is 0. The maximum Gasteiger partial charge on any atom is 0.243 e. The standard InChI is InChI=1S/C19H25N5O/c1-13(20-16-9-10-18-22-21-14(2)24(18)12-16)19(25)23-11-5-7-15-6-3-4-8-17(15)23/h3-4,6,8,13,16,20H,5,7,9-12H2,1-2H3/t13-,16-/m0/s1. The van der Waals surface area contributed by atoms with Crippen molar-refractivity contribution in [2.24, 2.45) is 0 Å². The van der Waals surface area contributed by atoms with Crippen molar-refractivity contribution in [1.29, 1.82) is 0 Å². The highest BCUT2D eigenvalue weighted by molar-refractivity contribution is 5.98. The number of carbonyl (C=O) groups is 1. The molecule has 2 aromatic rings. The number of benzene rings is 1. The van der Waals surface area contributed by atoms with Crippen LogP contribution in [0.2, 0.25) is 0 Å². The van der Waals surface area contributed by atoms with Gasteiger partial charge in [0.15, 0.2) is 0 Å². The van der Waals surface area contributed by atoms with E-state index in [0.29, 0.717) is 0 Å². The van der Waals surface area contributed by atoms with Gasteiger partial charge in [-0.05, 0) is 44.7 Å². The second kappa shape index (κ2) is 6.59. The normalized spacial score (nSPS) is 20.7. The van der Waals surface area contributed by atoms with Gasteiger partial charge in [-0.15, -0.1) is 10.2 Å². The van der Waals surface area contributed by atoms with Gasteiger partial charge in [0, 0.05) is 31.2 Å². The largest absolute Gasteiger partial charge is 0.314 e. The maximum absolute atomic E-state index is 13.0. The molecule has 0 unspecified atom stereocenters. The summed E-state index contributed by atoms with van der Waals surface area (Å²) in [6, 6.07) is 8.34. The molecular formula is C19H25N5O. The monoisotopic (exact) mass is 339 g/mol. The van der Waals surface area contributed by atoms with Gasteiger partial charge in [-0.3, -0.25) is 4.79 Å². The molecule has 3 heterocycles. The summed E-state index contributed by atoms with van der Waals surface area (Å²) in [6.45, 7) is 5.61. The summed E-state index contributed by atoms with van der Waals surface area (Å²) in [5, 5.41) is 11.9. The first-order valence-corrected chi connectivity index (χ1v) is 9.17. The molecule has 0 bridgehead atoms. The first kappa shape index (κ1) is 16.3. The fourth-order valence-corrected chi connectivity index (χ4v) is 4.02. The van der Waals surface area contributed by atoms with Crippen LogP contribution in [-0.4, -0.2) is 39.3 Å². The molecule has 0 saturated carbocycles. The fourth-order valence-electron chi connectivity index (χ4n) is 4.02. The number of rotatable bonds is 3. The van der Waals surface area contributed by atoms with Gasteiger partial charge >= 0.3 is 0 Å². The number of amides is 1. The minimum absolute atomic E-state index is 0.165. The molecule has 4 rings (SSSR count). The van der Waals surface area contributed by atoms with Crippen molar-refractivity contribution >= 4 is 11.6 Å². The molecule has 0 radical (unpaired) electrons. The molecule has 1 aromatic heterocycles. The van der Waals surface area contributed by atoms with Crippen LogP contribution in [0.25, 0.3) is 0 Å². The number of hydrogen-bond acceptors (Lipinski definition) is 4. The predicted molar refractivity (Wildman–Crippen MR) is 96.6 cm³/mol. The van der Waals surface area contributed by atoms with E-state index in [-0.39, 0.29) is 18.0 Å².